The number of amides is 1. The molecule has 2 aromatic heterocycles. The summed E-state index contributed by atoms with van der Waals surface area (Å²) >= 11 is 1.30. The van der Waals surface area contributed by atoms with Crippen molar-refractivity contribution in [1.82, 2.24) is 9.78 Å². The molecule has 140 valence electrons. The van der Waals surface area contributed by atoms with Crippen molar-refractivity contribution in [2.75, 3.05) is 11.9 Å². The molecule has 1 N–H and O–H groups in total. The molecule has 6 nitrogen and oxygen atoms in total. The van der Waals surface area contributed by atoms with Crippen LogP contribution in [0.3, 0.4) is 0 Å². The summed E-state index contributed by atoms with van der Waals surface area (Å²) in [7, 11) is 0. The molecule has 0 saturated carbocycles. The second-order valence-corrected chi connectivity index (χ2v) is 7.32. The molecule has 0 aliphatic rings. The molecule has 0 fully saturated rings. The fourth-order valence-electron chi connectivity index (χ4n) is 2.63. The number of thiophene rings is 1. The van der Waals surface area contributed by atoms with Gasteiger partial charge in [0, 0.05) is 17.7 Å². The Kier molecular flexibility index (Phi) is 5.71. The number of aromatic nitrogens is 2. The number of nitrogens with zero attached hydrogens (tertiary/aromatic N) is 2. The first-order chi connectivity index (χ1) is 13.0. The van der Waals surface area contributed by atoms with Crippen molar-refractivity contribution < 1.29 is 14.3 Å². The predicted octanol–water partition coefficient (Wildman–Crippen LogP) is 4.30. The lowest BCUT2D eigenvalue weighted by Crippen LogP contribution is -2.23. The number of ether oxygens (including phenoxy) is 1. The highest BCUT2D eigenvalue weighted by Gasteiger charge is 2.18. The molecule has 0 radical (unpaired) electrons. The lowest BCUT2D eigenvalue weighted by Gasteiger charge is -2.12. The number of carbonyl (C=O) groups excluding carboxylic acids is 2. The van der Waals surface area contributed by atoms with Gasteiger partial charge in [-0.05, 0) is 37.8 Å². The van der Waals surface area contributed by atoms with Crippen LogP contribution < -0.4 is 5.32 Å². The number of benzene rings is 1. The largest absolute Gasteiger partial charge is 0.451 e. The highest BCUT2D eigenvalue weighted by molar-refractivity contribution is 7.12. The van der Waals surface area contributed by atoms with Gasteiger partial charge in [-0.1, -0.05) is 29.8 Å². The third kappa shape index (κ3) is 4.43. The van der Waals surface area contributed by atoms with Crippen LogP contribution in [-0.4, -0.2) is 28.3 Å². The van der Waals surface area contributed by atoms with Gasteiger partial charge in [0.1, 0.15) is 10.7 Å². The minimum absolute atomic E-state index is 0.112. The first kappa shape index (κ1) is 18.8. The maximum Gasteiger partial charge on any atom is 0.349 e. The predicted molar refractivity (Wildman–Crippen MR) is 106 cm³/mol. The highest BCUT2D eigenvalue weighted by Crippen LogP contribution is 2.29. The zero-order valence-corrected chi connectivity index (χ0v) is 16.2. The molecular weight excluding hydrogens is 362 g/mol. The van der Waals surface area contributed by atoms with Gasteiger partial charge < -0.3 is 10.1 Å². The summed E-state index contributed by atoms with van der Waals surface area (Å²) < 4.78 is 6.90. The fourth-order valence-corrected chi connectivity index (χ4v) is 3.44. The molecule has 0 aliphatic heterocycles. The van der Waals surface area contributed by atoms with Crippen molar-refractivity contribution in [1.29, 1.82) is 0 Å². The first-order valence-electron chi connectivity index (χ1n) is 8.60. The van der Waals surface area contributed by atoms with Gasteiger partial charge in [0.25, 0.3) is 5.91 Å². The minimum Gasteiger partial charge on any atom is -0.451 e. The highest BCUT2D eigenvalue weighted by atomic mass is 32.1. The van der Waals surface area contributed by atoms with Crippen molar-refractivity contribution in [3.63, 3.8) is 0 Å². The summed E-state index contributed by atoms with van der Waals surface area (Å²) in [6.07, 6.45) is 1.61. The summed E-state index contributed by atoms with van der Waals surface area (Å²) in [5.74, 6) is -0.338. The molecule has 0 bridgehead atoms. The maximum absolute atomic E-state index is 12.4. The number of esters is 1. The van der Waals surface area contributed by atoms with Crippen molar-refractivity contribution in [3.05, 3.63) is 58.4 Å². The van der Waals surface area contributed by atoms with E-state index in [0.29, 0.717) is 10.7 Å². The van der Waals surface area contributed by atoms with Crippen LogP contribution in [-0.2, 0) is 9.53 Å². The Morgan fingerprint density at radius 2 is 1.93 bits per heavy atom. The van der Waals surface area contributed by atoms with Gasteiger partial charge in [-0.15, -0.1) is 11.3 Å². The summed E-state index contributed by atoms with van der Waals surface area (Å²) in [5, 5.41) is 8.70. The van der Waals surface area contributed by atoms with Crippen LogP contribution >= 0.6 is 11.3 Å². The van der Waals surface area contributed by atoms with E-state index in [0.717, 1.165) is 16.7 Å². The van der Waals surface area contributed by atoms with Crippen molar-refractivity contribution >= 4 is 29.0 Å². The zero-order chi connectivity index (χ0) is 19.4. The SMILES string of the molecule is Cc1ccc(-c2ccsc2C(=O)OCC(=O)Nc2ccnn2C(C)C)cc1. The number of hydrogen-bond donors (Lipinski definition) is 1. The fraction of sp³-hybridized carbons (Fsp3) is 0.250. The smallest absolute Gasteiger partial charge is 0.349 e. The standard InChI is InChI=1S/C20H21N3O3S/c1-13(2)23-17(8-10-21-23)22-18(24)12-26-20(25)19-16(9-11-27-19)15-6-4-14(3)5-7-15/h4-11,13H,12H2,1-3H3,(H,22,24). The van der Waals surface area contributed by atoms with Gasteiger partial charge >= 0.3 is 5.97 Å². The number of nitrogens with one attached hydrogen (secondary N) is 1. The van der Waals surface area contributed by atoms with Crippen LogP contribution in [0, 0.1) is 6.92 Å². The van der Waals surface area contributed by atoms with E-state index >= 15 is 0 Å². The average Bonchev–Trinajstić information content (AvgIpc) is 3.29. The van der Waals surface area contributed by atoms with E-state index in [4.69, 9.17) is 4.74 Å². The maximum atomic E-state index is 12.4. The molecule has 27 heavy (non-hydrogen) atoms. The summed E-state index contributed by atoms with van der Waals surface area (Å²) in [5.41, 5.74) is 2.90. The number of rotatable bonds is 6. The summed E-state index contributed by atoms with van der Waals surface area (Å²) in [6, 6.07) is 11.6. The number of aryl methyl sites for hydroxylation is 1. The topological polar surface area (TPSA) is 73.2 Å². The van der Waals surface area contributed by atoms with Crippen LogP contribution in [0.4, 0.5) is 5.82 Å². The first-order valence-corrected chi connectivity index (χ1v) is 9.48. The Hall–Kier alpha value is -2.93. The Morgan fingerprint density at radius 3 is 2.63 bits per heavy atom. The molecule has 3 rings (SSSR count). The molecule has 0 spiro atoms. The van der Waals surface area contributed by atoms with Crippen molar-refractivity contribution in [2.45, 2.75) is 26.8 Å². The molecule has 0 atom stereocenters. The van der Waals surface area contributed by atoms with Crippen LogP contribution in [0.25, 0.3) is 11.1 Å². The van der Waals surface area contributed by atoms with Gasteiger partial charge in [0.05, 0.1) is 6.20 Å². The lowest BCUT2D eigenvalue weighted by atomic mass is 10.1. The Bertz CT molecular complexity index is 942. The van der Waals surface area contributed by atoms with Gasteiger partial charge in [-0.3, -0.25) is 4.79 Å². The Morgan fingerprint density at radius 1 is 1.19 bits per heavy atom. The molecule has 1 amide bonds. The number of anilines is 1. The van der Waals surface area contributed by atoms with Crippen LogP contribution in [0.1, 0.15) is 35.1 Å². The zero-order valence-electron chi connectivity index (χ0n) is 15.4. The van der Waals surface area contributed by atoms with Gasteiger partial charge in [-0.25, -0.2) is 9.48 Å². The van der Waals surface area contributed by atoms with Crippen LogP contribution in [0.15, 0.2) is 48.0 Å². The van der Waals surface area contributed by atoms with Gasteiger partial charge in [-0.2, -0.15) is 5.10 Å². The summed E-state index contributed by atoms with van der Waals surface area (Å²) in [4.78, 5) is 25.1. The normalized spacial score (nSPS) is 10.8. The van der Waals surface area contributed by atoms with Crippen LogP contribution in [0.2, 0.25) is 0 Å². The second kappa shape index (κ2) is 8.18. The lowest BCUT2D eigenvalue weighted by molar-refractivity contribution is -0.119. The van der Waals surface area contributed by atoms with E-state index in [1.54, 1.807) is 16.9 Å². The molecule has 7 heteroatoms. The molecule has 2 heterocycles. The molecule has 1 aromatic carbocycles. The van der Waals surface area contributed by atoms with E-state index in [9.17, 15) is 9.59 Å². The van der Waals surface area contributed by atoms with E-state index in [-0.39, 0.29) is 12.6 Å². The third-order valence-corrected chi connectivity index (χ3v) is 4.87. The van der Waals surface area contributed by atoms with E-state index in [2.05, 4.69) is 10.4 Å². The molecule has 0 saturated heterocycles. The van der Waals surface area contributed by atoms with E-state index in [1.807, 2.05) is 56.5 Å². The second-order valence-electron chi connectivity index (χ2n) is 6.41. The average molecular weight is 383 g/mol. The number of hydrogen-bond acceptors (Lipinski definition) is 5. The third-order valence-electron chi connectivity index (χ3n) is 3.97. The van der Waals surface area contributed by atoms with Gasteiger partial charge in [0.2, 0.25) is 0 Å². The Balaban J connectivity index is 1.63. The quantitative estimate of drug-likeness (QED) is 0.644. The Labute approximate surface area is 161 Å². The van der Waals surface area contributed by atoms with Gasteiger partial charge in [0.15, 0.2) is 6.61 Å². The monoisotopic (exact) mass is 383 g/mol. The van der Waals surface area contributed by atoms with Crippen molar-refractivity contribution in [2.24, 2.45) is 0 Å². The molecule has 0 unspecified atom stereocenters. The van der Waals surface area contributed by atoms with E-state index < -0.39 is 11.9 Å². The van der Waals surface area contributed by atoms with E-state index in [1.165, 1.54) is 11.3 Å². The molecule has 3 aromatic rings. The van der Waals surface area contributed by atoms with Crippen LogP contribution in [0.5, 0.6) is 0 Å². The molecular formula is C20H21N3O3S. The summed E-state index contributed by atoms with van der Waals surface area (Å²) in [6.45, 7) is 5.59. The van der Waals surface area contributed by atoms with Crippen molar-refractivity contribution in [3.8, 4) is 11.1 Å². The number of carbonyl (C=O) groups is 2. The minimum atomic E-state index is -0.506. The molecule has 0 aliphatic carbocycles.